The number of rotatable bonds is 6. The number of hydrogen-bond acceptors (Lipinski definition) is 4. The maximum absolute atomic E-state index is 5.38. The van der Waals surface area contributed by atoms with E-state index >= 15 is 0 Å². The predicted octanol–water partition coefficient (Wildman–Crippen LogP) is 4.84. The maximum Gasteiger partial charge on any atom is 0.161 e. The Balaban J connectivity index is 1.60. The fourth-order valence-electron chi connectivity index (χ4n) is 3.40. The van der Waals surface area contributed by atoms with Crippen LogP contribution >= 0.6 is 0 Å². The molecule has 0 N–H and O–H groups in total. The highest BCUT2D eigenvalue weighted by molar-refractivity contribution is 5.81. The minimum atomic E-state index is 0.255. The molecule has 1 fully saturated rings. The van der Waals surface area contributed by atoms with Gasteiger partial charge in [-0.15, -0.1) is 0 Å². The number of methoxy groups -OCH3 is 2. The van der Waals surface area contributed by atoms with Gasteiger partial charge in [-0.2, -0.15) is 5.10 Å². The van der Waals surface area contributed by atoms with Crippen molar-refractivity contribution in [3.05, 3.63) is 95.6 Å². The lowest BCUT2D eigenvalue weighted by atomic mass is 10.0. The minimum absolute atomic E-state index is 0.255. The van der Waals surface area contributed by atoms with Crippen LogP contribution < -0.4 is 9.47 Å². The predicted molar refractivity (Wildman–Crippen MR) is 107 cm³/mol. The molecule has 136 valence electrons. The van der Waals surface area contributed by atoms with Crippen LogP contribution in [0.5, 0.6) is 11.5 Å². The molecule has 3 aromatic rings. The molecular weight excluding hydrogens is 336 g/mol. The number of benzene rings is 3. The molecule has 0 bridgehead atoms. The molecule has 0 aliphatic carbocycles. The second kappa shape index (κ2) is 7.54. The first kappa shape index (κ1) is 17.2. The fraction of sp³-hybridized carbons (Fsp3) is 0.174. The lowest BCUT2D eigenvalue weighted by Crippen LogP contribution is -1.94. The van der Waals surface area contributed by atoms with Crippen LogP contribution in [0.4, 0.5) is 0 Å². The van der Waals surface area contributed by atoms with Gasteiger partial charge in [0, 0.05) is 0 Å². The van der Waals surface area contributed by atoms with Crippen LogP contribution in [0.25, 0.3) is 0 Å². The number of hydrogen-bond donors (Lipinski definition) is 0. The molecule has 0 aromatic heterocycles. The number of ether oxygens (including phenoxy) is 2. The highest BCUT2D eigenvalue weighted by Crippen LogP contribution is 2.54. The number of hydrazone groups is 1. The molecule has 27 heavy (non-hydrogen) atoms. The highest BCUT2D eigenvalue weighted by Gasteiger charge is 2.49. The Hall–Kier alpha value is -3.27. The zero-order valence-electron chi connectivity index (χ0n) is 15.4. The molecule has 0 unspecified atom stereocenters. The van der Waals surface area contributed by atoms with E-state index in [2.05, 4.69) is 53.5 Å². The zero-order chi connectivity index (χ0) is 18.6. The number of nitrogens with zero attached hydrogens (tertiary/aromatic N) is 2. The van der Waals surface area contributed by atoms with Gasteiger partial charge in [0.2, 0.25) is 0 Å². The van der Waals surface area contributed by atoms with E-state index in [-0.39, 0.29) is 12.1 Å². The summed E-state index contributed by atoms with van der Waals surface area (Å²) in [6.45, 7) is 0. The highest BCUT2D eigenvalue weighted by atomic mass is 16.5. The van der Waals surface area contributed by atoms with E-state index in [0.29, 0.717) is 11.5 Å². The molecule has 1 aliphatic rings. The van der Waals surface area contributed by atoms with Crippen molar-refractivity contribution >= 4 is 6.21 Å². The van der Waals surface area contributed by atoms with Gasteiger partial charge in [0.1, 0.15) is 0 Å². The van der Waals surface area contributed by atoms with Crippen molar-refractivity contribution < 1.29 is 9.47 Å². The lowest BCUT2D eigenvalue weighted by Gasteiger charge is -2.07. The van der Waals surface area contributed by atoms with Gasteiger partial charge < -0.3 is 9.47 Å². The lowest BCUT2D eigenvalue weighted by molar-refractivity contribution is 0.355. The van der Waals surface area contributed by atoms with E-state index in [0.717, 1.165) is 5.56 Å². The molecule has 3 aromatic carbocycles. The summed E-state index contributed by atoms with van der Waals surface area (Å²) in [6.07, 6.45) is 1.88. The van der Waals surface area contributed by atoms with E-state index in [1.54, 1.807) is 14.2 Å². The standard InChI is InChI=1S/C23H22N2O2/c1-26-20-14-13-17(15-21(20)27-2)16-24-25-22(18-9-5-3-6-10-18)23(25)19-11-7-4-8-12-19/h3-16,22-23H,1-2H3/b24-16+/t22-,23-/m0/s1. The van der Waals surface area contributed by atoms with Crippen molar-refractivity contribution in [3.63, 3.8) is 0 Å². The fourth-order valence-corrected chi connectivity index (χ4v) is 3.40. The Kier molecular flexibility index (Phi) is 4.79. The van der Waals surface area contributed by atoms with Crippen molar-refractivity contribution in [2.24, 2.45) is 5.10 Å². The van der Waals surface area contributed by atoms with Crippen LogP contribution in [0.3, 0.4) is 0 Å². The summed E-state index contributed by atoms with van der Waals surface area (Å²) in [5, 5.41) is 6.90. The van der Waals surface area contributed by atoms with Crippen molar-refractivity contribution in [1.29, 1.82) is 0 Å². The van der Waals surface area contributed by atoms with Gasteiger partial charge in [-0.3, -0.25) is 5.01 Å². The van der Waals surface area contributed by atoms with Crippen LogP contribution in [0, 0.1) is 0 Å². The van der Waals surface area contributed by atoms with Crippen LogP contribution in [-0.2, 0) is 0 Å². The molecule has 0 saturated carbocycles. The largest absolute Gasteiger partial charge is 0.493 e. The molecule has 0 radical (unpaired) electrons. The Bertz CT molecular complexity index is 880. The third-order valence-corrected chi connectivity index (χ3v) is 4.81. The van der Waals surface area contributed by atoms with E-state index in [9.17, 15) is 0 Å². The SMILES string of the molecule is COc1ccc(/C=N/N2[C@@H](c3ccccc3)[C@@H]2c2ccccc2)cc1OC. The first-order valence-corrected chi connectivity index (χ1v) is 8.96. The van der Waals surface area contributed by atoms with Gasteiger partial charge in [-0.1, -0.05) is 60.7 Å². The van der Waals surface area contributed by atoms with Crippen LogP contribution in [0.15, 0.2) is 84.0 Å². The van der Waals surface area contributed by atoms with E-state index < -0.39 is 0 Å². The zero-order valence-corrected chi connectivity index (χ0v) is 15.4. The third kappa shape index (κ3) is 3.51. The Morgan fingerprint density at radius 1 is 0.741 bits per heavy atom. The molecule has 1 aliphatic heterocycles. The summed E-state index contributed by atoms with van der Waals surface area (Å²) < 4.78 is 10.7. The van der Waals surface area contributed by atoms with Crippen LogP contribution in [-0.4, -0.2) is 25.4 Å². The molecule has 0 spiro atoms. The normalized spacial score (nSPS) is 18.5. The first-order valence-electron chi connectivity index (χ1n) is 8.96. The summed E-state index contributed by atoms with van der Waals surface area (Å²) in [5.74, 6) is 1.41. The van der Waals surface area contributed by atoms with Gasteiger partial charge in [0.05, 0.1) is 32.5 Å². The summed E-state index contributed by atoms with van der Waals surface area (Å²) in [4.78, 5) is 0. The van der Waals surface area contributed by atoms with Gasteiger partial charge in [0.25, 0.3) is 0 Å². The molecule has 2 atom stereocenters. The van der Waals surface area contributed by atoms with Crippen molar-refractivity contribution in [2.75, 3.05) is 14.2 Å². The molecule has 4 rings (SSSR count). The summed E-state index contributed by atoms with van der Waals surface area (Å²) in [6, 6.07) is 27.3. The maximum atomic E-state index is 5.38. The van der Waals surface area contributed by atoms with Gasteiger partial charge >= 0.3 is 0 Å². The molecule has 1 saturated heterocycles. The summed E-state index contributed by atoms with van der Waals surface area (Å²) in [7, 11) is 3.27. The Labute approximate surface area is 159 Å². The van der Waals surface area contributed by atoms with Crippen molar-refractivity contribution in [1.82, 2.24) is 5.01 Å². The summed E-state index contributed by atoms with van der Waals surface area (Å²) in [5.41, 5.74) is 3.52. The van der Waals surface area contributed by atoms with Gasteiger partial charge in [-0.05, 0) is 34.9 Å². The molecular formula is C23H22N2O2. The third-order valence-electron chi connectivity index (χ3n) is 4.81. The van der Waals surface area contributed by atoms with Crippen LogP contribution in [0.1, 0.15) is 28.8 Å². The first-order chi connectivity index (χ1) is 13.3. The van der Waals surface area contributed by atoms with Crippen molar-refractivity contribution in [3.8, 4) is 11.5 Å². The summed E-state index contributed by atoms with van der Waals surface area (Å²) >= 11 is 0. The van der Waals surface area contributed by atoms with Crippen LogP contribution in [0.2, 0.25) is 0 Å². The van der Waals surface area contributed by atoms with Crippen molar-refractivity contribution in [2.45, 2.75) is 12.1 Å². The minimum Gasteiger partial charge on any atom is -0.493 e. The van der Waals surface area contributed by atoms with E-state index in [1.807, 2.05) is 36.5 Å². The average Bonchev–Trinajstić information content (AvgIpc) is 3.47. The molecule has 4 heteroatoms. The smallest absolute Gasteiger partial charge is 0.161 e. The monoisotopic (exact) mass is 358 g/mol. The van der Waals surface area contributed by atoms with Gasteiger partial charge in [0.15, 0.2) is 11.5 Å². The van der Waals surface area contributed by atoms with Gasteiger partial charge in [-0.25, -0.2) is 0 Å². The average molecular weight is 358 g/mol. The molecule has 4 nitrogen and oxygen atoms in total. The van der Waals surface area contributed by atoms with E-state index in [4.69, 9.17) is 14.6 Å². The Morgan fingerprint density at radius 3 is 1.81 bits per heavy atom. The second-order valence-electron chi connectivity index (χ2n) is 6.45. The molecule has 0 amide bonds. The molecule has 1 heterocycles. The quantitative estimate of drug-likeness (QED) is 0.467. The second-order valence-corrected chi connectivity index (χ2v) is 6.45. The topological polar surface area (TPSA) is 33.8 Å². The van der Waals surface area contributed by atoms with E-state index in [1.165, 1.54) is 11.1 Å². The Morgan fingerprint density at radius 2 is 1.30 bits per heavy atom.